The van der Waals surface area contributed by atoms with Gasteiger partial charge >= 0.3 is 6.18 Å². The van der Waals surface area contributed by atoms with Crippen LogP contribution in [0.1, 0.15) is 24.6 Å². The third-order valence-corrected chi connectivity index (χ3v) is 3.37. The molecule has 0 amide bonds. The van der Waals surface area contributed by atoms with Crippen LogP contribution in [0.4, 0.5) is 19.0 Å². The maximum Gasteiger partial charge on any atom is 0.433 e. The van der Waals surface area contributed by atoms with E-state index in [-0.39, 0.29) is 23.4 Å². The van der Waals surface area contributed by atoms with Crippen LogP contribution in [0.2, 0.25) is 0 Å². The summed E-state index contributed by atoms with van der Waals surface area (Å²) >= 11 is 0. The molecule has 0 radical (unpaired) electrons. The standard InChI is InChI=1S/C13H14F3N3O/c1-8-10(4-5-20-8)7-18-12-9(6-17)2-3-11(19-12)13(14,15)16/h2-3,8,10H,4-5,7H2,1H3,(H,18,19). The molecule has 0 bridgehead atoms. The minimum absolute atomic E-state index is 0.0265. The molecule has 2 atom stereocenters. The van der Waals surface area contributed by atoms with Crippen LogP contribution < -0.4 is 5.32 Å². The molecule has 1 aliphatic heterocycles. The predicted octanol–water partition coefficient (Wildman–Crippen LogP) is 2.81. The number of nitrogens with zero attached hydrogens (tertiary/aromatic N) is 2. The van der Waals surface area contributed by atoms with Gasteiger partial charge in [-0.3, -0.25) is 0 Å². The lowest BCUT2D eigenvalue weighted by Gasteiger charge is -2.16. The SMILES string of the molecule is CC1OCCC1CNc1nc(C(F)(F)F)ccc1C#N. The first-order chi connectivity index (χ1) is 9.41. The van der Waals surface area contributed by atoms with Crippen LogP contribution in [0.5, 0.6) is 0 Å². The van der Waals surface area contributed by atoms with E-state index in [1.165, 1.54) is 0 Å². The fraction of sp³-hybridized carbons (Fsp3) is 0.538. The van der Waals surface area contributed by atoms with Gasteiger partial charge in [-0.25, -0.2) is 4.98 Å². The van der Waals surface area contributed by atoms with Gasteiger partial charge in [0.1, 0.15) is 17.6 Å². The molecular weight excluding hydrogens is 271 g/mol. The molecule has 1 aromatic heterocycles. The molecule has 1 saturated heterocycles. The summed E-state index contributed by atoms with van der Waals surface area (Å²) in [4.78, 5) is 3.50. The van der Waals surface area contributed by atoms with Gasteiger partial charge in [-0.05, 0) is 25.5 Å². The van der Waals surface area contributed by atoms with E-state index in [0.29, 0.717) is 13.2 Å². The number of nitriles is 1. The minimum atomic E-state index is -4.52. The first kappa shape index (κ1) is 14.6. The first-order valence-corrected chi connectivity index (χ1v) is 6.25. The topological polar surface area (TPSA) is 57.9 Å². The Labute approximate surface area is 114 Å². The van der Waals surface area contributed by atoms with Crippen LogP contribution in [0.3, 0.4) is 0 Å². The van der Waals surface area contributed by atoms with Crippen LogP contribution in [0.15, 0.2) is 12.1 Å². The number of halogens is 3. The van der Waals surface area contributed by atoms with Gasteiger partial charge in [0.2, 0.25) is 0 Å². The Balaban J connectivity index is 2.15. The van der Waals surface area contributed by atoms with Gasteiger partial charge < -0.3 is 10.1 Å². The summed E-state index contributed by atoms with van der Waals surface area (Å²) in [6.07, 6.45) is -3.62. The Morgan fingerprint density at radius 2 is 2.25 bits per heavy atom. The molecule has 0 saturated carbocycles. The van der Waals surface area contributed by atoms with Crippen LogP contribution in [0.25, 0.3) is 0 Å². The lowest BCUT2D eigenvalue weighted by Crippen LogP contribution is -2.22. The number of anilines is 1. The highest BCUT2D eigenvalue weighted by Gasteiger charge is 2.33. The maximum absolute atomic E-state index is 12.6. The van der Waals surface area contributed by atoms with Crippen molar-refractivity contribution in [1.82, 2.24) is 4.98 Å². The van der Waals surface area contributed by atoms with Crippen molar-refractivity contribution in [1.29, 1.82) is 5.26 Å². The Hall–Kier alpha value is -1.81. The summed E-state index contributed by atoms with van der Waals surface area (Å²) in [5, 5.41) is 11.8. The van der Waals surface area contributed by atoms with Crippen molar-refractivity contribution >= 4 is 5.82 Å². The molecular formula is C13H14F3N3O. The predicted molar refractivity (Wildman–Crippen MR) is 66.0 cm³/mol. The molecule has 2 unspecified atom stereocenters. The van der Waals surface area contributed by atoms with Crippen molar-refractivity contribution in [2.75, 3.05) is 18.5 Å². The fourth-order valence-electron chi connectivity index (χ4n) is 2.11. The minimum Gasteiger partial charge on any atom is -0.378 e. The van der Waals surface area contributed by atoms with E-state index in [1.807, 2.05) is 13.0 Å². The van der Waals surface area contributed by atoms with Crippen LogP contribution in [-0.2, 0) is 10.9 Å². The van der Waals surface area contributed by atoms with E-state index in [9.17, 15) is 13.2 Å². The second kappa shape index (κ2) is 5.67. The fourth-order valence-corrected chi connectivity index (χ4v) is 2.11. The molecule has 7 heteroatoms. The highest BCUT2D eigenvalue weighted by atomic mass is 19.4. The summed E-state index contributed by atoms with van der Waals surface area (Å²) in [5.74, 6) is 0.180. The van der Waals surface area contributed by atoms with E-state index in [4.69, 9.17) is 10.00 Å². The molecule has 4 nitrogen and oxygen atoms in total. The van der Waals surface area contributed by atoms with Gasteiger partial charge in [0.25, 0.3) is 0 Å². The Morgan fingerprint density at radius 3 is 2.80 bits per heavy atom. The smallest absolute Gasteiger partial charge is 0.378 e. The third kappa shape index (κ3) is 3.20. The van der Waals surface area contributed by atoms with Crippen molar-refractivity contribution < 1.29 is 17.9 Å². The Kier molecular flexibility index (Phi) is 4.14. The lowest BCUT2D eigenvalue weighted by molar-refractivity contribution is -0.141. The molecule has 0 spiro atoms. The number of hydrogen-bond acceptors (Lipinski definition) is 4. The Morgan fingerprint density at radius 1 is 1.50 bits per heavy atom. The van der Waals surface area contributed by atoms with E-state index >= 15 is 0 Å². The van der Waals surface area contributed by atoms with Gasteiger partial charge in [-0.15, -0.1) is 0 Å². The number of pyridine rings is 1. The van der Waals surface area contributed by atoms with Crippen molar-refractivity contribution in [3.63, 3.8) is 0 Å². The number of hydrogen-bond donors (Lipinski definition) is 1. The number of alkyl halides is 3. The second-order valence-electron chi connectivity index (χ2n) is 4.71. The van der Waals surface area contributed by atoms with Crippen LogP contribution in [-0.4, -0.2) is 24.2 Å². The van der Waals surface area contributed by atoms with E-state index in [0.717, 1.165) is 18.6 Å². The third-order valence-electron chi connectivity index (χ3n) is 3.37. The zero-order valence-corrected chi connectivity index (χ0v) is 10.9. The first-order valence-electron chi connectivity index (χ1n) is 6.25. The molecule has 1 fully saturated rings. The molecule has 1 N–H and O–H groups in total. The highest BCUT2D eigenvalue weighted by Crippen LogP contribution is 2.29. The summed E-state index contributed by atoms with van der Waals surface area (Å²) in [5.41, 5.74) is -0.903. The van der Waals surface area contributed by atoms with Crippen LogP contribution >= 0.6 is 0 Å². The van der Waals surface area contributed by atoms with Crippen molar-refractivity contribution in [2.24, 2.45) is 5.92 Å². The molecule has 2 heterocycles. The number of aromatic nitrogens is 1. The number of rotatable bonds is 3. The van der Waals surface area contributed by atoms with Crippen molar-refractivity contribution in [3.05, 3.63) is 23.4 Å². The number of nitrogens with one attached hydrogen (secondary N) is 1. The zero-order chi connectivity index (χ0) is 14.8. The monoisotopic (exact) mass is 285 g/mol. The molecule has 0 aromatic carbocycles. The second-order valence-corrected chi connectivity index (χ2v) is 4.71. The van der Waals surface area contributed by atoms with Gasteiger partial charge in [0.05, 0.1) is 11.7 Å². The maximum atomic E-state index is 12.6. The van der Waals surface area contributed by atoms with Crippen LogP contribution in [0, 0.1) is 17.2 Å². The Bertz CT molecular complexity index is 525. The molecule has 1 aromatic rings. The molecule has 108 valence electrons. The van der Waals surface area contributed by atoms with E-state index < -0.39 is 11.9 Å². The quantitative estimate of drug-likeness (QED) is 0.927. The molecule has 0 aliphatic carbocycles. The lowest BCUT2D eigenvalue weighted by atomic mass is 10.0. The number of ether oxygens (including phenoxy) is 1. The van der Waals surface area contributed by atoms with Crippen molar-refractivity contribution in [2.45, 2.75) is 25.6 Å². The summed E-state index contributed by atoms with van der Waals surface area (Å²) in [7, 11) is 0. The van der Waals surface area contributed by atoms with E-state index in [2.05, 4.69) is 10.3 Å². The van der Waals surface area contributed by atoms with E-state index in [1.54, 1.807) is 0 Å². The van der Waals surface area contributed by atoms with Gasteiger partial charge in [0.15, 0.2) is 0 Å². The van der Waals surface area contributed by atoms with Crippen molar-refractivity contribution in [3.8, 4) is 6.07 Å². The summed E-state index contributed by atoms with van der Waals surface area (Å²) in [6, 6.07) is 3.78. The summed E-state index contributed by atoms with van der Waals surface area (Å²) < 4.78 is 43.2. The van der Waals surface area contributed by atoms with Gasteiger partial charge in [-0.1, -0.05) is 0 Å². The molecule has 20 heavy (non-hydrogen) atoms. The average molecular weight is 285 g/mol. The normalized spacial score (nSPS) is 22.6. The molecule has 1 aliphatic rings. The average Bonchev–Trinajstić information content (AvgIpc) is 2.80. The highest BCUT2D eigenvalue weighted by molar-refractivity contribution is 5.52. The summed E-state index contributed by atoms with van der Waals surface area (Å²) in [6.45, 7) is 3.00. The largest absolute Gasteiger partial charge is 0.433 e. The molecule has 2 rings (SSSR count). The zero-order valence-electron chi connectivity index (χ0n) is 10.9. The van der Waals surface area contributed by atoms with Gasteiger partial charge in [0, 0.05) is 19.1 Å². The van der Waals surface area contributed by atoms with Gasteiger partial charge in [-0.2, -0.15) is 18.4 Å².